The Hall–Kier alpha value is -1.07. The van der Waals surface area contributed by atoms with Gasteiger partial charge in [0.25, 0.3) is 0 Å². The van der Waals surface area contributed by atoms with Crippen LogP contribution in [-0.4, -0.2) is 21.9 Å². The number of aromatic nitrogens is 2. The quantitative estimate of drug-likeness (QED) is 0.755. The Bertz CT molecular complexity index is 341. The normalized spacial score (nSPS) is 23.8. The van der Waals surface area contributed by atoms with Crippen LogP contribution in [0.1, 0.15) is 31.4 Å². The van der Waals surface area contributed by atoms with E-state index in [1.807, 2.05) is 0 Å². The van der Waals surface area contributed by atoms with Gasteiger partial charge in [0, 0.05) is 18.2 Å². The number of amides is 1. The van der Waals surface area contributed by atoms with Gasteiger partial charge in [-0.3, -0.25) is 4.79 Å². The van der Waals surface area contributed by atoms with E-state index in [1.54, 1.807) is 12.5 Å². The molecule has 1 aromatic rings. The number of carbonyl (C=O) groups is 1. The van der Waals surface area contributed by atoms with E-state index < -0.39 is 0 Å². The lowest BCUT2D eigenvalue weighted by molar-refractivity contribution is -0.126. The Labute approximate surface area is 107 Å². The van der Waals surface area contributed by atoms with Gasteiger partial charge in [0.15, 0.2) is 0 Å². The molecule has 0 bridgehead atoms. The highest BCUT2D eigenvalue weighted by Crippen LogP contribution is 2.23. The molecule has 2 rings (SSSR count). The molecule has 1 aliphatic carbocycles. The van der Waals surface area contributed by atoms with Gasteiger partial charge >= 0.3 is 0 Å². The van der Waals surface area contributed by atoms with Gasteiger partial charge in [-0.2, -0.15) is 0 Å². The molecule has 1 aromatic heterocycles. The Morgan fingerprint density at radius 2 is 2.41 bits per heavy atom. The molecule has 1 amide bonds. The Morgan fingerprint density at radius 3 is 3.06 bits per heavy atom. The molecule has 1 fully saturated rings. The molecular weight excluding hydrogens is 240 g/mol. The topological polar surface area (TPSA) is 83.8 Å². The molecule has 96 valence electrons. The minimum absolute atomic E-state index is 0. The highest BCUT2D eigenvalue weighted by Gasteiger charge is 2.24. The summed E-state index contributed by atoms with van der Waals surface area (Å²) in [6.45, 7) is 0.518. The molecule has 5 nitrogen and oxygen atoms in total. The first-order chi connectivity index (χ1) is 7.75. The van der Waals surface area contributed by atoms with Crippen LogP contribution in [0, 0.1) is 5.92 Å². The predicted octanol–water partition coefficient (Wildman–Crippen LogP) is 0.965. The molecule has 0 spiro atoms. The highest BCUT2D eigenvalue weighted by molar-refractivity contribution is 5.85. The Kier molecular flexibility index (Phi) is 5.44. The van der Waals surface area contributed by atoms with Crippen LogP contribution in [0.4, 0.5) is 0 Å². The second-order valence-electron chi connectivity index (χ2n) is 4.42. The van der Waals surface area contributed by atoms with E-state index >= 15 is 0 Å². The number of halogens is 1. The summed E-state index contributed by atoms with van der Waals surface area (Å²) in [6.07, 6.45) is 7.20. The first kappa shape index (κ1) is 14.0. The van der Waals surface area contributed by atoms with Gasteiger partial charge in [-0.1, -0.05) is 6.42 Å². The van der Waals surface area contributed by atoms with E-state index in [4.69, 9.17) is 5.73 Å². The number of H-pyrrole nitrogens is 1. The summed E-state index contributed by atoms with van der Waals surface area (Å²) in [7, 11) is 0. The van der Waals surface area contributed by atoms with Crippen molar-refractivity contribution < 1.29 is 4.79 Å². The average molecular weight is 259 g/mol. The number of imidazole rings is 1. The van der Waals surface area contributed by atoms with Gasteiger partial charge < -0.3 is 16.0 Å². The summed E-state index contributed by atoms with van der Waals surface area (Å²) in [5.74, 6) is 0.205. The minimum Gasteiger partial charge on any atom is -0.350 e. The monoisotopic (exact) mass is 258 g/mol. The van der Waals surface area contributed by atoms with E-state index in [0.29, 0.717) is 6.54 Å². The van der Waals surface area contributed by atoms with E-state index in [2.05, 4.69) is 15.3 Å². The fourth-order valence-electron chi connectivity index (χ4n) is 2.17. The number of carbonyl (C=O) groups excluding carboxylic acids is 1. The smallest absolute Gasteiger partial charge is 0.223 e. The molecule has 2 unspecified atom stereocenters. The maximum Gasteiger partial charge on any atom is 0.223 e. The number of nitrogens with one attached hydrogen (secondary N) is 2. The van der Waals surface area contributed by atoms with Gasteiger partial charge in [-0.15, -0.1) is 12.4 Å². The molecule has 4 N–H and O–H groups in total. The summed E-state index contributed by atoms with van der Waals surface area (Å²) in [5, 5.41) is 2.91. The van der Waals surface area contributed by atoms with Crippen molar-refractivity contribution in [2.24, 2.45) is 11.7 Å². The largest absolute Gasteiger partial charge is 0.350 e. The molecule has 0 saturated heterocycles. The number of rotatable bonds is 3. The molecule has 0 aliphatic heterocycles. The molecule has 1 aliphatic rings. The van der Waals surface area contributed by atoms with Gasteiger partial charge in [0.05, 0.1) is 18.6 Å². The molecule has 0 radical (unpaired) electrons. The van der Waals surface area contributed by atoms with Crippen LogP contribution in [0.15, 0.2) is 12.5 Å². The van der Waals surface area contributed by atoms with E-state index in [9.17, 15) is 4.79 Å². The Balaban J connectivity index is 0.00000144. The summed E-state index contributed by atoms with van der Waals surface area (Å²) in [6, 6.07) is 0.191. The third-order valence-corrected chi connectivity index (χ3v) is 3.09. The van der Waals surface area contributed by atoms with Crippen molar-refractivity contribution in [3.8, 4) is 0 Å². The van der Waals surface area contributed by atoms with E-state index in [0.717, 1.165) is 31.4 Å². The predicted molar refractivity (Wildman–Crippen MR) is 67.6 cm³/mol. The van der Waals surface area contributed by atoms with Crippen LogP contribution >= 0.6 is 12.4 Å². The van der Waals surface area contributed by atoms with Gasteiger partial charge in [-0.05, 0) is 19.3 Å². The molecular formula is C11H19ClN4O. The molecule has 2 atom stereocenters. The van der Waals surface area contributed by atoms with Crippen molar-refractivity contribution in [1.82, 2.24) is 15.3 Å². The molecule has 0 aromatic carbocycles. The standard InChI is InChI=1S/C11H18N4O.ClH/c12-9-3-1-2-8(4-9)11(16)14-6-10-5-13-7-15-10;/h5,7-9H,1-4,6,12H2,(H,13,15)(H,14,16);1H. The van der Waals surface area contributed by atoms with Crippen molar-refractivity contribution in [3.63, 3.8) is 0 Å². The van der Waals surface area contributed by atoms with Crippen LogP contribution in [-0.2, 0) is 11.3 Å². The first-order valence-corrected chi connectivity index (χ1v) is 5.76. The number of hydrogen-bond donors (Lipinski definition) is 3. The average Bonchev–Trinajstić information content (AvgIpc) is 2.78. The second-order valence-corrected chi connectivity index (χ2v) is 4.42. The maximum atomic E-state index is 11.8. The lowest BCUT2D eigenvalue weighted by atomic mass is 9.85. The third kappa shape index (κ3) is 4.02. The lowest BCUT2D eigenvalue weighted by Crippen LogP contribution is -2.37. The number of aromatic amines is 1. The van der Waals surface area contributed by atoms with E-state index in [1.165, 1.54) is 0 Å². The van der Waals surface area contributed by atoms with Gasteiger partial charge in [0.1, 0.15) is 0 Å². The first-order valence-electron chi connectivity index (χ1n) is 5.76. The van der Waals surface area contributed by atoms with Crippen LogP contribution in [0.2, 0.25) is 0 Å². The minimum atomic E-state index is 0. The maximum absolute atomic E-state index is 11.8. The van der Waals surface area contributed by atoms with Crippen LogP contribution in [0.25, 0.3) is 0 Å². The van der Waals surface area contributed by atoms with Gasteiger partial charge in [0.2, 0.25) is 5.91 Å². The number of nitrogens with two attached hydrogens (primary N) is 1. The summed E-state index contributed by atoms with van der Waals surface area (Å²) < 4.78 is 0. The fourth-order valence-corrected chi connectivity index (χ4v) is 2.17. The van der Waals surface area contributed by atoms with Crippen molar-refractivity contribution >= 4 is 18.3 Å². The molecule has 6 heteroatoms. The summed E-state index contributed by atoms with van der Waals surface area (Å²) in [5.41, 5.74) is 6.78. The molecule has 1 heterocycles. The fraction of sp³-hybridized carbons (Fsp3) is 0.636. The zero-order valence-corrected chi connectivity index (χ0v) is 10.5. The van der Waals surface area contributed by atoms with E-state index in [-0.39, 0.29) is 30.3 Å². The van der Waals surface area contributed by atoms with Crippen molar-refractivity contribution in [2.45, 2.75) is 38.3 Å². The summed E-state index contributed by atoms with van der Waals surface area (Å²) in [4.78, 5) is 18.7. The third-order valence-electron chi connectivity index (χ3n) is 3.09. The summed E-state index contributed by atoms with van der Waals surface area (Å²) >= 11 is 0. The highest BCUT2D eigenvalue weighted by atomic mass is 35.5. The van der Waals surface area contributed by atoms with Crippen LogP contribution < -0.4 is 11.1 Å². The van der Waals surface area contributed by atoms with Gasteiger partial charge in [-0.25, -0.2) is 4.98 Å². The van der Waals surface area contributed by atoms with Crippen LogP contribution in [0.3, 0.4) is 0 Å². The van der Waals surface area contributed by atoms with Crippen molar-refractivity contribution in [1.29, 1.82) is 0 Å². The Morgan fingerprint density at radius 1 is 1.59 bits per heavy atom. The zero-order chi connectivity index (χ0) is 11.4. The van der Waals surface area contributed by atoms with Crippen molar-refractivity contribution in [2.75, 3.05) is 0 Å². The second kappa shape index (κ2) is 6.61. The number of nitrogens with zero attached hydrogens (tertiary/aromatic N) is 1. The van der Waals surface area contributed by atoms with Crippen molar-refractivity contribution in [3.05, 3.63) is 18.2 Å². The zero-order valence-electron chi connectivity index (χ0n) is 9.69. The number of hydrogen-bond acceptors (Lipinski definition) is 3. The lowest BCUT2D eigenvalue weighted by Gasteiger charge is -2.25. The SMILES string of the molecule is Cl.NC1CCCC(C(=O)NCc2cnc[nH]2)C1. The molecule has 1 saturated carbocycles. The van der Waals surface area contributed by atoms with Crippen LogP contribution in [0.5, 0.6) is 0 Å². The molecule has 17 heavy (non-hydrogen) atoms.